The highest BCUT2D eigenvalue weighted by molar-refractivity contribution is 5.91. The van der Waals surface area contributed by atoms with E-state index in [1.165, 1.54) is 12.3 Å². The largest absolute Gasteiger partial charge is 0.394 e. The highest BCUT2D eigenvalue weighted by atomic mass is 16.5. The Morgan fingerprint density at radius 3 is 3.17 bits per heavy atom. The van der Waals surface area contributed by atoms with Gasteiger partial charge >= 0.3 is 0 Å². The molecule has 0 aromatic carbocycles. The molecule has 5 nitrogen and oxygen atoms in total. The first-order valence-corrected chi connectivity index (χ1v) is 3.56. The minimum absolute atomic E-state index is 0.0973. The van der Waals surface area contributed by atoms with E-state index in [4.69, 9.17) is 5.11 Å². The third kappa shape index (κ3) is 2.06. The molecule has 0 aliphatic heterocycles. The average molecular weight is 170 g/mol. The van der Waals surface area contributed by atoms with E-state index in [1.807, 2.05) is 0 Å². The Balaban J connectivity index is 2.50. The lowest BCUT2D eigenvalue weighted by Gasteiger charge is -2.07. The van der Waals surface area contributed by atoms with Crippen LogP contribution in [0, 0.1) is 0 Å². The van der Waals surface area contributed by atoms with Crippen molar-refractivity contribution in [1.82, 2.24) is 10.5 Å². The van der Waals surface area contributed by atoms with Gasteiger partial charge < -0.3 is 14.9 Å². The summed E-state index contributed by atoms with van der Waals surface area (Å²) in [6.45, 7) is 1.59. The van der Waals surface area contributed by atoms with Crippen LogP contribution < -0.4 is 5.32 Å². The van der Waals surface area contributed by atoms with Gasteiger partial charge in [-0.3, -0.25) is 4.79 Å². The minimum atomic E-state index is -0.367. The van der Waals surface area contributed by atoms with Crippen LogP contribution in [-0.4, -0.2) is 28.8 Å². The van der Waals surface area contributed by atoms with E-state index in [2.05, 4.69) is 15.0 Å². The van der Waals surface area contributed by atoms with Crippen LogP contribution in [0.1, 0.15) is 17.5 Å². The first-order chi connectivity index (χ1) is 5.74. The van der Waals surface area contributed by atoms with Crippen molar-refractivity contribution in [2.75, 3.05) is 6.61 Å². The molecular formula is C7H10N2O3. The highest BCUT2D eigenvalue weighted by Crippen LogP contribution is 1.96. The van der Waals surface area contributed by atoms with Gasteiger partial charge in [0.25, 0.3) is 5.91 Å². The van der Waals surface area contributed by atoms with Crippen molar-refractivity contribution in [3.63, 3.8) is 0 Å². The van der Waals surface area contributed by atoms with E-state index in [1.54, 1.807) is 6.92 Å². The van der Waals surface area contributed by atoms with Crippen molar-refractivity contribution in [2.45, 2.75) is 13.0 Å². The van der Waals surface area contributed by atoms with Gasteiger partial charge in [0.15, 0.2) is 0 Å². The third-order valence-electron chi connectivity index (χ3n) is 1.31. The van der Waals surface area contributed by atoms with Crippen LogP contribution in [0.2, 0.25) is 0 Å². The molecule has 5 heteroatoms. The van der Waals surface area contributed by atoms with Crippen LogP contribution in [-0.2, 0) is 0 Å². The Labute approximate surface area is 69.4 Å². The Bertz CT molecular complexity index is 245. The second-order valence-electron chi connectivity index (χ2n) is 2.43. The Hall–Kier alpha value is -1.36. The molecule has 1 amide bonds. The van der Waals surface area contributed by atoms with E-state index < -0.39 is 0 Å². The molecule has 0 saturated carbocycles. The van der Waals surface area contributed by atoms with Crippen molar-refractivity contribution in [1.29, 1.82) is 0 Å². The molecule has 2 N–H and O–H groups in total. The summed E-state index contributed by atoms with van der Waals surface area (Å²) in [6.07, 6.45) is 1.39. The fraction of sp³-hybridized carbons (Fsp3) is 0.429. The van der Waals surface area contributed by atoms with Gasteiger partial charge in [-0.2, -0.15) is 0 Å². The molecule has 0 aliphatic carbocycles. The first-order valence-electron chi connectivity index (χ1n) is 3.56. The zero-order valence-corrected chi connectivity index (χ0v) is 6.65. The molecule has 12 heavy (non-hydrogen) atoms. The second kappa shape index (κ2) is 3.87. The Morgan fingerprint density at radius 2 is 2.67 bits per heavy atom. The van der Waals surface area contributed by atoms with Crippen molar-refractivity contribution >= 4 is 5.91 Å². The zero-order valence-electron chi connectivity index (χ0n) is 6.65. The first kappa shape index (κ1) is 8.73. The molecule has 1 rings (SSSR count). The standard InChI is InChI=1S/C7H10N2O3/c1-5(4-10)9-7(11)6-2-3-8-12-6/h2-3,5,10H,4H2,1H3,(H,9,11). The van der Waals surface area contributed by atoms with Gasteiger partial charge in [0.05, 0.1) is 12.8 Å². The highest BCUT2D eigenvalue weighted by Gasteiger charge is 2.11. The number of aliphatic hydroxyl groups excluding tert-OH is 1. The van der Waals surface area contributed by atoms with Crippen LogP contribution in [0.3, 0.4) is 0 Å². The maximum Gasteiger partial charge on any atom is 0.290 e. The molecule has 0 fully saturated rings. The molecule has 0 radical (unpaired) electrons. The van der Waals surface area contributed by atoms with Crippen LogP contribution >= 0.6 is 0 Å². The van der Waals surface area contributed by atoms with E-state index >= 15 is 0 Å². The number of hydrogen-bond acceptors (Lipinski definition) is 4. The number of aromatic nitrogens is 1. The summed E-state index contributed by atoms with van der Waals surface area (Å²) in [5, 5.41) is 14.5. The topological polar surface area (TPSA) is 75.4 Å². The number of nitrogens with one attached hydrogen (secondary N) is 1. The molecule has 0 bridgehead atoms. The third-order valence-corrected chi connectivity index (χ3v) is 1.31. The average Bonchev–Trinajstić information content (AvgIpc) is 2.56. The van der Waals surface area contributed by atoms with Crippen LogP contribution in [0.25, 0.3) is 0 Å². The molecule has 1 atom stereocenters. The molecule has 1 aromatic rings. The van der Waals surface area contributed by atoms with E-state index in [0.29, 0.717) is 0 Å². The van der Waals surface area contributed by atoms with E-state index in [-0.39, 0.29) is 24.3 Å². The van der Waals surface area contributed by atoms with Gasteiger partial charge in [-0.1, -0.05) is 5.16 Å². The zero-order chi connectivity index (χ0) is 8.97. The van der Waals surface area contributed by atoms with Crippen molar-refractivity contribution < 1.29 is 14.4 Å². The Kier molecular flexibility index (Phi) is 2.82. The van der Waals surface area contributed by atoms with Gasteiger partial charge in [-0.15, -0.1) is 0 Å². The number of aliphatic hydroxyl groups is 1. The number of amides is 1. The summed E-state index contributed by atoms with van der Waals surface area (Å²) in [4.78, 5) is 11.1. The Morgan fingerprint density at radius 1 is 1.92 bits per heavy atom. The molecule has 1 heterocycles. The van der Waals surface area contributed by atoms with Crippen LogP contribution in [0.15, 0.2) is 16.8 Å². The maximum absolute atomic E-state index is 11.1. The van der Waals surface area contributed by atoms with Gasteiger partial charge in [0, 0.05) is 12.1 Å². The normalized spacial score (nSPS) is 12.5. The molecule has 1 aromatic heterocycles. The van der Waals surface area contributed by atoms with Crippen molar-refractivity contribution in [3.8, 4) is 0 Å². The lowest BCUT2D eigenvalue weighted by atomic mass is 10.3. The minimum Gasteiger partial charge on any atom is -0.394 e. The summed E-state index contributed by atoms with van der Waals surface area (Å²) in [5.74, 6) is -0.218. The smallest absolute Gasteiger partial charge is 0.290 e. The van der Waals surface area contributed by atoms with E-state index in [0.717, 1.165) is 0 Å². The van der Waals surface area contributed by atoms with Crippen LogP contribution in [0.4, 0.5) is 0 Å². The van der Waals surface area contributed by atoms with Crippen LogP contribution in [0.5, 0.6) is 0 Å². The van der Waals surface area contributed by atoms with E-state index in [9.17, 15) is 4.79 Å². The lowest BCUT2D eigenvalue weighted by Crippen LogP contribution is -2.34. The number of hydrogen-bond donors (Lipinski definition) is 2. The number of rotatable bonds is 3. The molecule has 1 unspecified atom stereocenters. The summed E-state index contributed by atoms with van der Waals surface area (Å²) in [5.41, 5.74) is 0. The summed E-state index contributed by atoms with van der Waals surface area (Å²) in [6, 6.07) is 1.18. The monoisotopic (exact) mass is 170 g/mol. The van der Waals surface area contributed by atoms with Gasteiger partial charge in [-0.05, 0) is 6.92 Å². The van der Waals surface area contributed by atoms with Gasteiger partial charge in [0.2, 0.25) is 5.76 Å². The predicted molar refractivity (Wildman–Crippen MR) is 40.5 cm³/mol. The van der Waals surface area contributed by atoms with Gasteiger partial charge in [0.1, 0.15) is 0 Å². The molecule has 66 valence electrons. The fourth-order valence-corrected chi connectivity index (χ4v) is 0.673. The molecule has 0 saturated heterocycles. The predicted octanol–water partition coefficient (Wildman–Crippen LogP) is -0.215. The fourth-order valence-electron chi connectivity index (χ4n) is 0.673. The number of carbonyl (C=O) groups excluding carboxylic acids is 1. The summed E-state index contributed by atoms with van der Waals surface area (Å²) in [7, 11) is 0. The maximum atomic E-state index is 11.1. The van der Waals surface area contributed by atoms with Crippen molar-refractivity contribution in [2.24, 2.45) is 0 Å². The molecule has 0 aliphatic rings. The summed E-state index contributed by atoms with van der Waals surface area (Å²) >= 11 is 0. The SMILES string of the molecule is CC(CO)NC(=O)c1ccno1. The number of carbonyl (C=O) groups is 1. The molecule has 0 spiro atoms. The molecular weight excluding hydrogens is 160 g/mol. The number of nitrogens with zero attached hydrogens (tertiary/aromatic N) is 1. The quantitative estimate of drug-likeness (QED) is 0.657. The lowest BCUT2D eigenvalue weighted by molar-refractivity contribution is 0.0885. The van der Waals surface area contributed by atoms with Crippen molar-refractivity contribution in [3.05, 3.63) is 18.0 Å². The van der Waals surface area contributed by atoms with Gasteiger partial charge in [-0.25, -0.2) is 0 Å². The summed E-state index contributed by atoms with van der Waals surface area (Å²) < 4.78 is 4.60. The second-order valence-corrected chi connectivity index (χ2v) is 2.43.